The van der Waals surface area contributed by atoms with Crippen LogP contribution in [0.25, 0.3) is 0 Å². The van der Waals surface area contributed by atoms with E-state index in [9.17, 15) is 33.9 Å². The molecule has 12 heteroatoms. The molecule has 2 unspecified atom stereocenters. The summed E-state index contributed by atoms with van der Waals surface area (Å²) >= 11 is 6.08. The number of benzene rings is 3. The average Bonchev–Trinajstić information content (AvgIpc) is 3.72. The predicted octanol–water partition coefficient (Wildman–Crippen LogP) is 7.78. The molecule has 4 aliphatic carbocycles. The lowest BCUT2D eigenvalue weighted by Gasteiger charge is -2.41. The number of ketones is 6. The number of nitrogens with one attached hydrogen (secondary N) is 3. The van der Waals surface area contributed by atoms with Gasteiger partial charge in [0.25, 0.3) is 0 Å². The number of aromatic hydroxyl groups is 1. The van der Waals surface area contributed by atoms with Crippen LogP contribution >= 0.6 is 11.6 Å². The van der Waals surface area contributed by atoms with Crippen molar-refractivity contribution in [1.29, 1.82) is 0 Å². The van der Waals surface area contributed by atoms with E-state index in [0.717, 1.165) is 11.3 Å². The van der Waals surface area contributed by atoms with Crippen molar-refractivity contribution < 1.29 is 33.9 Å². The molecule has 2 aliphatic heterocycles. The van der Waals surface area contributed by atoms with Crippen LogP contribution in [0.2, 0.25) is 5.02 Å². The van der Waals surface area contributed by atoms with Gasteiger partial charge in [-0.2, -0.15) is 5.10 Å². The van der Waals surface area contributed by atoms with Gasteiger partial charge in [0.1, 0.15) is 5.75 Å². The molecule has 0 spiro atoms. The number of nitrogens with zero attached hydrogens (tertiary/aromatic N) is 1. The zero-order valence-electron chi connectivity index (χ0n) is 32.7. The van der Waals surface area contributed by atoms with Crippen molar-refractivity contribution >= 4 is 46.3 Å². The van der Waals surface area contributed by atoms with Crippen LogP contribution in [0.3, 0.4) is 0 Å². The number of carbonyl (C=O) groups excluding carboxylic acids is 6. The van der Waals surface area contributed by atoms with E-state index in [1.165, 1.54) is 18.2 Å². The molecule has 0 saturated heterocycles. The number of halogens is 1. The summed E-state index contributed by atoms with van der Waals surface area (Å²) in [5, 5.41) is 23.7. The first-order chi connectivity index (χ1) is 28.0. The Morgan fingerprint density at radius 1 is 0.593 bits per heavy atom. The molecular weight excluding hydrogens is 768 g/mol. The third-order valence-corrected chi connectivity index (χ3v) is 12.2. The lowest BCUT2D eigenvalue weighted by atomic mass is 9.66. The number of fused-ring (bicyclic) bond motifs is 2. The Hall–Kier alpha value is -6.46. The summed E-state index contributed by atoms with van der Waals surface area (Å²) in [4.78, 5) is 80.0. The number of hydrogen-bond donors (Lipinski definition) is 4. The highest BCUT2D eigenvalue weighted by atomic mass is 35.5. The third-order valence-electron chi connectivity index (χ3n) is 12.0. The van der Waals surface area contributed by atoms with E-state index >= 15 is 0 Å². The van der Waals surface area contributed by atoms with Crippen LogP contribution in [0.15, 0.2) is 124 Å². The number of allylic oxidation sites excluding steroid dienone is 8. The van der Waals surface area contributed by atoms with Gasteiger partial charge >= 0.3 is 0 Å². The molecular formula is C47H39ClN4O7. The quantitative estimate of drug-likeness (QED) is 0.157. The molecule has 0 saturated carbocycles. The molecule has 2 atom stereocenters. The molecule has 0 radical (unpaired) electrons. The number of aromatic nitrogens is 2. The van der Waals surface area contributed by atoms with E-state index in [0.29, 0.717) is 69.9 Å². The summed E-state index contributed by atoms with van der Waals surface area (Å²) in [6.45, 7) is 8.10. The minimum atomic E-state index is -0.648. The summed E-state index contributed by atoms with van der Waals surface area (Å²) < 4.78 is 0. The van der Waals surface area contributed by atoms with Crippen LogP contribution in [0.1, 0.15) is 118 Å². The van der Waals surface area contributed by atoms with Crippen LogP contribution in [-0.2, 0) is 9.59 Å². The summed E-state index contributed by atoms with van der Waals surface area (Å²) in [5.41, 5.74) is 5.71. The lowest BCUT2D eigenvalue weighted by Crippen LogP contribution is -2.42. The maximum Gasteiger partial charge on any atom is 0.210 e. The van der Waals surface area contributed by atoms with Gasteiger partial charge in [0.2, 0.25) is 11.6 Å². The molecule has 0 amide bonds. The second-order valence-electron chi connectivity index (χ2n) is 17.5. The highest BCUT2D eigenvalue weighted by Gasteiger charge is 2.49. The monoisotopic (exact) mass is 806 g/mol. The fourth-order valence-electron chi connectivity index (χ4n) is 9.51. The van der Waals surface area contributed by atoms with Gasteiger partial charge in [-0.25, -0.2) is 0 Å². The Bertz CT molecular complexity index is 2750. The van der Waals surface area contributed by atoms with Gasteiger partial charge in [-0.3, -0.25) is 33.9 Å². The molecule has 59 heavy (non-hydrogen) atoms. The number of phenolic OH excluding ortho intramolecular Hbond substituents is 1. The van der Waals surface area contributed by atoms with Crippen molar-refractivity contribution in [2.75, 3.05) is 0 Å². The standard InChI is InChI=1S/C25H20ClNO4.C22H19N3O3/c1-25(2)10-17-20(18(29)11-25)19(12-3-5-13(26)6-4-12)21-22(27-17)24(31)16-9-14(28)7-8-15(16)23(21)30;1-22(2)9-14-16(15(26)10-22)17(13-7-8-23-25-13)18-19(24-14)21(28)12-6-4-3-5-11(12)20(18)27/h3-9,19,27-28H,10-11H2,1-2H3;3-8,17,24H,9-10H2,1-2H3,(H,23,25). The lowest BCUT2D eigenvalue weighted by molar-refractivity contribution is -0.119. The number of hydrogen-bond acceptors (Lipinski definition) is 10. The first-order valence-electron chi connectivity index (χ1n) is 19.4. The number of carbonyl (C=O) groups is 6. The molecule has 4 N–H and O–H groups in total. The molecule has 4 aromatic rings. The van der Waals surface area contributed by atoms with Crippen molar-refractivity contribution in [3.63, 3.8) is 0 Å². The third kappa shape index (κ3) is 6.23. The number of phenols is 1. The normalized spacial score (nSPS) is 22.6. The minimum Gasteiger partial charge on any atom is -0.508 e. The Kier molecular flexibility index (Phi) is 8.75. The van der Waals surface area contributed by atoms with Crippen LogP contribution in [0, 0.1) is 10.8 Å². The molecule has 1 aromatic heterocycles. The molecule has 10 rings (SSSR count). The Morgan fingerprint density at radius 2 is 1.10 bits per heavy atom. The van der Waals surface area contributed by atoms with E-state index in [1.807, 2.05) is 27.7 Å². The second-order valence-corrected chi connectivity index (χ2v) is 18.0. The second kappa shape index (κ2) is 13.6. The molecule has 296 valence electrons. The Balaban J connectivity index is 0.000000153. The SMILES string of the molecule is CC1(C)CC(=O)C2=C(C1)NC1=C(C(=O)c3ccc(O)cc3C1=O)C2c1ccc(Cl)cc1.CC1(C)CC(=O)C2=C(C1)NC1=C(C(=O)c3ccccc3C1=O)C2c1ccn[nH]1. The highest BCUT2D eigenvalue weighted by Crippen LogP contribution is 2.50. The van der Waals surface area contributed by atoms with E-state index in [1.54, 1.807) is 60.8 Å². The molecule has 3 aromatic carbocycles. The van der Waals surface area contributed by atoms with E-state index in [-0.39, 0.29) is 79.4 Å². The number of aromatic amines is 1. The van der Waals surface area contributed by atoms with Crippen LogP contribution < -0.4 is 10.6 Å². The molecule has 6 aliphatic rings. The Labute approximate surface area is 344 Å². The molecule has 0 fully saturated rings. The zero-order chi connectivity index (χ0) is 41.7. The largest absolute Gasteiger partial charge is 0.508 e. The van der Waals surface area contributed by atoms with Gasteiger partial charge in [-0.1, -0.05) is 75.7 Å². The van der Waals surface area contributed by atoms with Crippen LogP contribution in [0.5, 0.6) is 5.75 Å². The first kappa shape index (κ1) is 38.1. The topological polar surface area (TPSA) is 175 Å². The predicted molar refractivity (Wildman–Crippen MR) is 218 cm³/mol. The van der Waals surface area contributed by atoms with Crippen molar-refractivity contribution in [1.82, 2.24) is 20.8 Å². The van der Waals surface area contributed by atoms with Gasteiger partial charge < -0.3 is 15.7 Å². The fourth-order valence-corrected chi connectivity index (χ4v) is 9.63. The maximum atomic E-state index is 13.6. The highest BCUT2D eigenvalue weighted by molar-refractivity contribution is 6.31. The van der Waals surface area contributed by atoms with Crippen molar-refractivity contribution in [3.05, 3.63) is 163 Å². The van der Waals surface area contributed by atoms with Gasteiger partial charge in [-0.15, -0.1) is 0 Å². The smallest absolute Gasteiger partial charge is 0.210 e. The van der Waals surface area contributed by atoms with Crippen molar-refractivity contribution in [2.45, 2.75) is 65.2 Å². The zero-order valence-corrected chi connectivity index (χ0v) is 33.5. The summed E-state index contributed by atoms with van der Waals surface area (Å²) in [6, 6.07) is 19.8. The van der Waals surface area contributed by atoms with Crippen LogP contribution in [0.4, 0.5) is 0 Å². The molecule has 0 bridgehead atoms. The van der Waals surface area contributed by atoms with Gasteiger partial charge in [-0.05, 0) is 65.6 Å². The van der Waals surface area contributed by atoms with Gasteiger partial charge in [0.15, 0.2) is 23.1 Å². The average molecular weight is 807 g/mol. The van der Waals surface area contributed by atoms with E-state index in [2.05, 4.69) is 20.8 Å². The fraction of sp³-hybridized carbons (Fsp3) is 0.255. The van der Waals surface area contributed by atoms with Gasteiger partial charge in [0, 0.05) is 91.6 Å². The number of dihydropyridines is 2. The summed E-state index contributed by atoms with van der Waals surface area (Å²) in [5.74, 6) is -2.47. The maximum absolute atomic E-state index is 13.6. The number of rotatable bonds is 2. The Morgan fingerprint density at radius 3 is 1.66 bits per heavy atom. The number of Topliss-reactive ketones (excluding diaryl/α,β-unsaturated/α-hetero) is 6. The van der Waals surface area contributed by atoms with Crippen molar-refractivity contribution in [2.24, 2.45) is 10.8 Å². The van der Waals surface area contributed by atoms with E-state index < -0.39 is 11.8 Å². The molecule has 11 nitrogen and oxygen atoms in total. The first-order valence-corrected chi connectivity index (χ1v) is 19.8. The molecule has 3 heterocycles. The van der Waals surface area contributed by atoms with Crippen molar-refractivity contribution in [3.8, 4) is 5.75 Å². The number of H-pyrrole nitrogens is 1. The van der Waals surface area contributed by atoms with Crippen LogP contribution in [-0.4, -0.2) is 50.0 Å². The summed E-state index contributed by atoms with van der Waals surface area (Å²) in [6.07, 6.45) is 3.59. The minimum absolute atomic E-state index is 0.00371. The summed E-state index contributed by atoms with van der Waals surface area (Å²) in [7, 11) is 0. The van der Waals surface area contributed by atoms with E-state index in [4.69, 9.17) is 11.6 Å². The van der Waals surface area contributed by atoms with Gasteiger partial charge in [0.05, 0.1) is 17.3 Å².